The van der Waals surface area contributed by atoms with Gasteiger partial charge in [0.2, 0.25) is 0 Å². The predicted octanol–water partition coefficient (Wildman–Crippen LogP) is 3.52. The highest BCUT2D eigenvalue weighted by molar-refractivity contribution is 5.59. The number of rotatable bonds is 5. The van der Waals surface area contributed by atoms with Gasteiger partial charge >= 0.3 is 0 Å². The Morgan fingerprint density at radius 2 is 1.85 bits per heavy atom. The highest BCUT2D eigenvalue weighted by Gasteiger charge is 2.21. The minimum Gasteiger partial charge on any atom is -0.358 e. The van der Waals surface area contributed by atoms with E-state index in [-0.39, 0.29) is 5.82 Å². The smallest absolute Gasteiger partial charge is 0.151 e. The molecule has 1 aliphatic rings. The molecule has 3 rings (SSSR count). The minimum absolute atomic E-state index is 0.238. The van der Waals surface area contributed by atoms with E-state index >= 15 is 0 Å². The van der Waals surface area contributed by atoms with Gasteiger partial charge in [0.05, 0.1) is 5.69 Å². The topological polar surface area (TPSA) is 29.0 Å². The van der Waals surface area contributed by atoms with Crippen molar-refractivity contribution in [3.05, 3.63) is 42.2 Å². The Kier molecular flexibility index (Phi) is 3.63. The van der Waals surface area contributed by atoms with Gasteiger partial charge in [0, 0.05) is 19.2 Å². The van der Waals surface area contributed by atoms with Crippen molar-refractivity contribution in [2.75, 3.05) is 18.5 Å². The Bertz CT molecular complexity index is 561. The number of hydrogen-bond donors (Lipinski definition) is 0. The van der Waals surface area contributed by atoms with Crippen LogP contribution in [-0.4, -0.2) is 23.8 Å². The molecule has 4 heteroatoms. The lowest BCUT2D eigenvalue weighted by atomic mass is 10.1. The first kappa shape index (κ1) is 13.0. The largest absolute Gasteiger partial charge is 0.358 e. The second-order valence-corrected chi connectivity index (χ2v) is 5.44. The first-order valence-corrected chi connectivity index (χ1v) is 7.03. The molecule has 2 aromatic rings. The number of benzene rings is 1. The van der Waals surface area contributed by atoms with Gasteiger partial charge in [-0.25, -0.2) is 4.39 Å². The average molecular weight is 271 g/mol. The van der Waals surface area contributed by atoms with Crippen LogP contribution in [0.3, 0.4) is 0 Å². The van der Waals surface area contributed by atoms with Crippen LogP contribution in [0.15, 0.2) is 36.4 Å². The normalized spacial score (nSPS) is 14.3. The van der Waals surface area contributed by atoms with Crippen LogP contribution in [0.5, 0.6) is 0 Å². The summed E-state index contributed by atoms with van der Waals surface area (Å²) < 4.78 is 12.9. The van der Waals surface area contributed by atoms with E-state index in [0.29, 0.717) is 0 Å². The van der Waals surface area contributed by atoms with Gasteiger partial charge in [0.25, 0.3) is 0 Å². The van der Waals surface area contributed by atoms with E-state index in [1.54, 1.807) is 12.1 Å². The first-order chi connectivity index (χ1) is 9.72. The molecule has 1 aliphatic carbocycles. The molecule has 1 fully saturated rings. The molecule has 0 spiro atoms. The molecule has 0 atom stereocenters. The molecule has 0 N–H and O–H groups in total. The average Bonchev–Trinajstić information content (AvgIpc) is 3.30. The standard InChI is InChI=1S/C16H18FN3/c1-20(11-10-12-2-3-12)16-9-8-15(18-19-16)13-4-6-14(17)7-5-13/h4-9,12H,2-3,10-11H2,1H3. The van der Waals surface area contributed by atoms with Crippen LogP contribution in [-0.2, 0) is 0 Å². The van der Waals surface area contributed by atoms with Crippen molar-refractivity contribution in [1.29, 1.82) is 0 Å². The van der Waals surface area contributed by atoms with Crippen molar-refractivity contribution in [2.45, 2.75) is 19.3 Å². The van der Waals surface area contributed by atoms with Crippen LogP contribution in [0.2, 0.25) is 0 Å². The summed E-state index contributed by atoms with van der Waals surface area (Å²) in [5, 5.41) is 8.49. The molecule has 1 aromatic carbocycles. The van der Waals surface area contributed by atoms with Gasteiger partial charge in [-0.3, -0.25) is 0 Å². The molecule has 0 unspecified atom stereocenters. The third-order valence-corrected chi connectivity index (χ3v) is 3.75. The van der Waals surface area contributed by atoms with Crippen LogP contribution in [0.1, 0.15) is 19.3 Å². The van der Waals surface area contributed by atoms with Crippen LogP contribution < -0.4 is 4.90 Å². The van der Waals surface area contributed by atoms with Gasteiger partial charge in [0.15, 0.2) is 5.82 Å². The van der Waals surface area contributed by atoms with Crippen molar-refractivity contribution in [1.82, 2.24) is 10.2 Å². The summed E-state index contributed by atoms with van der Waals surface area (Å²) >= 11 is 0. The highest BCUT2D eigenvalue weighted by Crippen LogP contribution is 2.32. The van der Waals surface area contributed by atoms with Gasteiger partial charge < -0.3 is 4.90 Å². The third-order valence-electron chi connectivity index (χ3n) is 3.75. The molecular weight excluding hydrogens is 253 g/mol. The van der Waals surface area contributed by atoms with Crippen LogP contribution in [0.25, 0.3) is 11.3 Å². The Labute approximate surface area is 118 Å². The van der Waals surface area contributed by atoms with E-state index in [2.05, 4.69) is 15.1 Å². The minimum atomic E-state index is -0.238. The Morgan fingerprint density at radius 1 is 1.10 bits per heavy atom. The van der Waals surface area contributed by atoms with E-state index in [4.69, 9.17) is 0 Å². The van der Waals surface area contributed by atoms with E-state index in [0.717, 1.165) is 29.5 Å². The summed E-state index contributed by atoms with van der Waals surface area (Å²) in [6.45, 7) is 1.02. The first-order valence-electron chi connectivity index (χ1n) is 7.03. The lowest BCUT2D eigenvalue weighted by Crippen LogP contribution is -2.20. The summed E-state index contributed by atoms with van der Waals surface area (Å²) in [5.41, 5.74) is 1.65. The lowest BCUT2D eigenvalue weighted by molar-refractivity contribution is 0.628. The van der Waals surface area contributed by atoms with Crippen molar-refractivity contribution in [3.63, 3.8) is 0 Å². The zero-order valence-electron chi connectivity index (χ0n) is 11.6. The fourth-order valence-electron chi connectivity index (χ4n) is 2.20. The Hall–Kier alpha value is -1.97. The SMILES string of the molecule is CN(CCC1CC1)c1ccc(-c2ccc(F)cc2)nn1. The van der Waals surface area contributed by atoms with Crippen molar-refractivity contribution < 1.29 is 4.39 Å². The monoisotopic (exact) mass is 271 g/mol. The highest BCUT2D eigenvalue weighted by atomic mass is 19.1. The van der Waals surface area contributed by atoms with Gasteiger partial charge in [-0.15, -0.1) is 10.2 Å². The van der Waals surface area contributed by atoms with Crippen LogP contribution in [0, 0.1) is 11.7 Å². The van der Waals surface area contributed by atoms with E-state index in [1.165, 1.54) is 31.4 Å². The zero-order chi connectivity index (χ0) is 13.9. The van der Waals surface area contributed by atoms with Gasteiger partial charge in [-0.05, 0) is 48.7 Å². The Morgan fingerprint density at radius 3 is 2.45 bits per heavy atom. The lowest BCUT2D eigenvalue weighted by Gasteiger charge is -2.17. The van der Waals surface area contributed by atoms with Crippen molar-refractivity contribution >= 4 is 5.82 Å². The molecule has 0 aliphatic heterocycles. The second-order valence-electron chi connectivity index (χ2n) is 5.44. The van der Waals surface area contributed by atoms with Crippen molar-refractivity contribution in [3.8, 4) is 11.3 Å². The third kappa shape index (κ3) is 3.13. The summed E-state index contributed by atoms with van der Waals surface area (Å²) in [7, 11) is 2.05. The number of aromatic nitrogens is 2. The number of hydrogen-bond acceptors (Lipinski definition) is 3. The number of halogens is 1. The van der Waals surface area contributed by atoms with Gasteiger partial charge in [-0.1, -0.05) is 12.8 Å². The molecule has 0 bridgehead atoms. The fourth-order valence-corrected chi connectivity index (χ4v) is 2.20. The summed E-state index contributed by atoms with van der Waals surface area (Å²) in [6, 6.07) is 10.2. The quantitative estimate of drug-likeness (QED) is 0.833. The molecule has 1 saturated carbocycles. The van der Waals surface area contributed by atoms with Gasteiger partial charge in [0.1, 0.15) is 5.82 Å². The molecule has 3 nitrogen and oxygen atoms in total. The second kappa shape index (κ2) is 5.57. The van der Waals surface area contributed by atoms with E-state index in [1.807, 2.05) is 19.2 Å². The maximum Gasteiger partial charge on any atom is 0.151 e. The number of anilines is 1. The van der Waals surface area contributed by atoms with E-state index in [9.17, 15) is 4.39 Å². The van der Waals surface area contributed by atoms with E-state index < -0.39 is 0 Å². The molecule has 0 saturated heterocycles. The molecule has 20 heavy (non-hydrogen) atoms. The maximum absolute atomic E-state index is 12.9. The number of nitrogens with zero attached hydrogens (tertiary/aromatic N) is 3. The van der Waals surface area contributed by atoms with Gasteiger partial charge in [-0.2, -0.15) is 0 Å². The molecule has 104 valence electrons. The summed E-state index contributed by atoms with van der Waals surface area (Å²) in [4.78, 5) is 2.14. The summed E-state index contributed by atoms with van der Waals surface area (Å²) in [6.07, 6.45) is 3.99. The fraction of sp³-hybridized carbons (Fsp3) is 0.375. The molecule has 1 aromatic heterocycles. The maximum atomic E-state index is 12.9. The van der Waals surface area contributed by atoms with Crippen LogP contribution in [0.4, 0.5) is 10.2 Å². The predicted molar refractivity (Wildman–Crippen MR) is 78.0 cm³/mol. The van der Waals surface area contributed by atoms with Crippen molar-refractivity contribution in [2.24, 2.45) is 5.92 Å². The molecule has 1 heterocycles. The Balaban J connectivity index is 1.68. The molecular formula is C16H18FN3. The molecule has 0 radical (unpaired) electrons. The summed E-state index contributed by atoms with van der Waals surface area (Å²) in [5.74, 6) is 1.57. The zero-order valence-corrected chi connectivity index (χ0v) is 11.6. The molecule has 0 amide bonds. The van der Waals surface area contributed by atoms with Crippen LogP contribution >= 0.6 is 0 Å².